The number of furan rings is 1. The summed E-state index contributed by atoms with van der Waals surface area (Å²) in [5.74, 6) is 0.246. The van der Waals surface area contributed by atoms with E-state index in [1.54, 1.807) is 11.4 Å². The number of aryl methyl sites for hydroxylation is 1. The number of carbonyl (C=O) groups is 1. The molecule has 5 heteroatoms. The second-order valence-electron chi connectivity index (χ2n) is 4.17. The zero-order valence-electron chi connectivity index (χ0n) is 9.87. The molecular weight excluding hydrogens is 348 g/mol. The van der Waals surface area contributed by atoms with Crippen molar-refractivity contribution < 1.29 is 9.21 Å². The quantitative estimate of drug-likeness (QED) is 0.572. The standard InChI is InChI=1S/C14H8BrClO2S/c1-7-10-3-2-9(15)5-11(10)18-14(7)13(17)8-4-12(16)19-6-8/h2-6H,1H3. The number of benzene rings is 1. The van der Waals surface area contributed by atoms with Gasteiger partial charge in [0.05, 0.1) is 4.34 Å². The predicted molar refractivity (Wildman–Crippen MR) is 81.4 cm³/mol. The third-order valence-corrected chi connectivity index (χ3v) is 4.52. The maximum atomic E-state index is 12.4. The molecule has 0 fully saturated rings. The summed E-state index contributed by atoms with van der Waals surface area (Å²) in [6, 6.07) is 7.40. The van der Waals surface area contributed by atoms with Gasteiger partial charge in [-0.15, -0.1) is 11.3 Å². The van der Waals surface area contributed by atoms with Crippen molar-refractivity contribution in [3.8, 4) is 0 Å². The van der Waals surface area contributed by atoms with Crippen LogP contribution in [0.5, 0.6) is 0 Å². The molecule has 19 heavy (non-hydrogen) atoms. The van der Waals surface area contributed by atoms with Gasteiger partial charge in [0.1, 0.15) is 5.58 Å². The van der Waals surface area contributed by atoms with E-state index in [4.69, 9.17) is 16.0 Å². The van der Waals surface area contributed by atoms with Crippen molar-refractivity contribution >= 4 is 55.6 Å². The third kappa shape index (κ3) is 2.24. The molecule has 0 N–H and O–H groups in total. The molecule has 1 aromatic carbocycles. The lowest BCUT2D eigenvalue weighted by molar-refractivity contribution is 0.101. The van der Waals surface area contributed by atoms with E-state index < -0.39 is 0 Å². The van der Waals surface area contributed by atoms with Gasteiger partial charge >= 0.3 is 0 Å². The Morgan fingerprint density at radius 2 is 2.16 bits per heavy atom. The molecule has 2 heterocycles. The third-order valence-electron chi connectivity index (χ3n) is 2.94. The van der Waals surface area contributed by atoms with E-state index in [1.165, 1.54) is 11.3 Å². The highest BCUT2D eigenvalue weighted by atomic mass is 79.9. The monoisotopic (exact) mass is 354 g/mol. The van der Waals surface area contributed by atoms with Crippen molar-refractivity contribution in [3.05, 3.63) is 55.3 Å². The second-order valence-corrected chi connectivity index (χ2v) is 6.62. The zero-order chi connectivity index (χ0) is 13.6. The van der Waals surface area contributed by atoms with E-state index in [0.717, 1.165) is 15.4 Å². The van der Waals surface area contributed by atoms with E-state index in [-0.39, 0.29) is 5.78 Å². The molecule has 0 radical (unpaired) electrons. The van der Waals surface area contributed by atoms with Crippen LogP contribution in [0.2, 0.25) is 4.34 Å². The zero-order valence-corrected chi connectivity index (χ0v) is 13.0. The first-order valence-corrected chi connectivity index (χ1v) is 7.58. The maximum Gasteiger partial charge on any atom is 0.229 e. The molecule has 2 aromatic heterocycles. The molecule has 0 unspecified atom stereocenters. The number of hydrogen-bond donors (Lipinski definition) is 0. The molecular formula is C14H8BrClO2S. The highest BCUT2D eigenvalue weighted by molar-refractivity contribution is 9.10. The number of carbonyl (C=O) groups excluding carboxylic acids is 1. The lowest BCUT2D eigenvalue weighted by atomic mass is 10.1. The fourth-order valence-electron chi connectivity index (χ4n) is 1.98. The molecule has 0 saturated carbocycles. The summed E-state index contributed by atoms with van der Waals surface area (Å²) < 4.78 is 7.21. The Hall–Kier alpha value is -1.10. The molecule has 3 aromatic rings. The Bertz CT molecular complexity index is 788. The molecule has 3 rings (SSSR count). The van der Waals surface area contributed by atoms with Crippen LogP contribution in [-0.4, -0.2) is 5.78 Å². The Kier molecular flexibility index (Phi) is 3.25. The molecule has 0 aliphatic heterocycles. The highest BCUT2D eigenvalue weighted by Crippen LogP contribution is 2.30. The summed E-state index contributed by atoms with van der Waals surface area (Å²) in [4.78, 5) is 12.4. The van der Waals surface area contributed by atoms with Gasteiger partial charge in [-0.2, -0.15) is 0 Å². The second kappa shape index (κ2) is 4.78. The highest BCUT2D eigenvalue weighted by Gasteiger charge is 2.20. The molecule has 0 atom stereocenters. The summed E-state index contributed by atoms with van der Waals surface area (Å²) in [5, 5.41) is 2.70. The van der Waals surface area contributed by atoms with Gasteiger partial charge in [0, 0.05) is 26.4 Å². The number of ketones is 1. The van der Waals surface area contributed by atoms with E-state index in [9.17, 15) is 4.79 Å². The van der Waals surface area contributed by atoms with Crippen molar-refractivity contribution in [1.82, 2.24) is 0 Å². The largest absolute Gasteiger partial charge is 0.452 e. The minimum atomic E-state index is -0.132. The molecule has 0 aliphatic rings. The van der Waals surface area contributed by atoms with Crippen molar-refractivity contribution in [2.24, 2.45) is 0 Å². The van der Waals surface area contributed by atoms with Gasteiger partial charge in [-0.1, -0.05) is 27.5 Å². The molecule has 0 bridgehead atoms. The van der Waals surface area contributed by atoms with E-state index in [2.05, 4.69) is 15.9 Å². The van der Waals surface area contributed by atoms with Crippen molar-refractivity contribution in [3.63, 3.8) is 0 Å². The summed E-state index contributed by atoms with van der Waals surface area (Å²) in [6.07, 6.45) is 0. The van der Waals surface area contributed by atoms with Gasteiger partial charge in [-0.05, 0) is 31.2 Å². The maximum absolute atomic E-state index is 12.4. The van der Waals surface area contributed by atoms with Crippen LogP contribution in [0.1, 0.15) is 21.7 Å². The topological polar surface area (TPSA) is 30.2 Å². The first kappa shape index (κ1) is 12.9. The minimum Gasteiger partial charge on any atom is -0.452 e. The number of hydrogen-bond acceptors (Lipinski definition) is 3. The summed E-state index contributed by atoms with van der Waals surface area (Å²) in [5.41, 5.74) is 2.13. The molecule has 0 spiro atoms. The van der Waals surface area contributed by atoms with Crippen LogP contribution in [0.4, 0.5) is 0 Å². The lowest BCUT2D eigenvalue weighted by Gasteiger charge is -1.94. The van der Waals surface area contributed by atoms with Gasteiger partial charge in [0.15, 0.2) is 5.76 Å². The van der Waals surface area contributed by atoms with Gasteiger partial charge < -0.3 is 4.42 Å². The minimum absolute atomic E-state index is 0.132. The Morgan fingerprint density at radius 3 is 2.84 bits per heavy atom. The normalized spacial score (nSPS) is 11.1. The van der Waals surface area contributed by atoms with E-state index in [0.29, 0.717) is 21.2 Å². The molecule has 0 amide bonds. The predicted octanol–water partition coefficient (Wildman–Crippen LogP) is 5.45. The summed E-state index contributed by atoms with van der Waals surface area (Å²) in [7, 11) is 0. The van der Waals surface area contributed by atoms with Crippen LogP contribution in [0.3, 0.4) is 0 Å². The van der Waals surface area contributed by atoms with Crippen molar-refractivity contribution in [2.45, 2.75) is 6.92 Å². The summed E-state index contributed by atoms with van der Waals surface area (Å²) in [6.45, 7) is 1.89. The Morgan fingerprint density at radius 1 is 1.37 bits per heavy atom. The van der Waals surface area contributed by atoms with Crippen LogP contribution >= 0.6 is 38.9 Å². The van der Waals surface area contributed by atoms with E-state index >= 15 is 0 Å². The Labute approximate surface area is 127 Å². The van der Waals surface area contributed by atoms with E-state index in [1.807, 2.05) is 25.1 Å². The smallest absolute Gasteiger partial charge is 0.229 e. The fourth-order valence-corrected chi connectivity index (χ4v) is 3.18. The number of halogens is 2. The van der Waals surface area contributed by atoms with Crippen molar-refractivity contribution in [1.29, 1.82) is 0 Å². The van der Waals surface area contributed by atoms with Crippen LogP contribution < -0.4 is 0 Å². The fraction of sp³-hybridized carbons (Fsp3) is 0.0714. The van der Waals surface area contributed by atoms with Crippen molar-refractivity contribution in [2.75, 3.05) is 0 Å². The molecule has 0 aliphatic carbocycles. The van der Waals surface area contributed by atoms with Crippen LogP contribution in [0, 0.1) is 6.92 Å². The number of thiophene rings is 1. The first-order valence-electron chi connectivity index (χ1n) is 5.53. The van der Waals surface area contributed by atoms with Gasteiger partial charge in [-0.25, -0.2) is 0 Å². The van der Waals surface area contributed by atoms with Crippen LogP contribution in [0.25, 0.3) is 11.0 Å². The Balaban J connectivity index is 2.15. The molecule has 2 nitrogen and oxygen atoms in total. The number of fused-ring (bicyclic) bond motifs is 1. The van der Waals surface area contributed by atoms with Crippen LogP contribution in [-0.2, 0) is 0 Å². The molecule has 96 valence electrons. The SMILES string of the molecule is Cc1c(C(=O)c2csc(Cl)c2)oc2cc(Br)ccc12. The van der Waals surface area contributed by atoms with Gasteiger partial charge in [0.25, 0.3) is 0 Å². The summed E-state index contributed by atoms with van der Waals surface area (Å²) >= 11 is 10.6. The first-order chi connectivity index (χ1) is 9.06. The molecule has 0 saturated heterocycles. The van der Waals surface area contributed by atoms with Gasteiger partial charge in [-0.3, -0.25) is 4.79 Å². The average molecular weight is 356 g/mol. The van der Waals surface area contributed by atoms with Crippen LogP contribution in [0.15, 0.2) is 38.5 Å². The van der Waals surface area contributed by atoms with Gasteiger partial charge in [0.2, 0.25) is 5.78 Å². The number of rotatable bonds is 2. The average Bonchev–Trinajstić information content (AvgIpc) is 2.93. The lowest BCUT2D eigenvalue weighted by Crippen LogP contribution is -1.99.